The van der Waals surface area contributed by atoms with Crippen LogP contribution in [0.3, 0.4) is 0 Å². The number of benzene rings is 1. The summed E-state index contributed by atoms with van der Waals surface area (Å²) < 4.78 is 49.9. The molecule has 1 aliphatic rings. The summed E-state index contributed by atoms with van der Waals surface area (Å²) in [4.78, 5) is 19.2. The van der Waals surface area contributed by atoms with E-state index < -0.39 is 18.2 Å². The van der Waals surface area contributed by atoms with Crippen LogP contribution in [0.25, 0.3) is 11.3 Å². The van der Waals surface area contributed by atoms with Crippen molar-refractivity contribution < 1.29 is 27.8 Å². The number of aromatic nitrogens is 4. The zero-order valence-corrected chi connectivity index (χ0v) is 21.8. The average molecular weight is 565 g/mol. The second-order valence-corrected chi connectivity index (χ2v) is 10.1. The predicted molar refractivity (Wildman–Crippen MR) is 139 cm³/mol. The van der Waals surface area contributed by atoms with E-state index in [4.69, 9.17) is 32.9 Å². The zero-order valence-electron chi connectivity index (χ0n) is 21.1. The topological polar surface area (TPSA) is 142 Å². The Labute approximate surface area is 227 Å². The van der Waals surface area contributed by atoms with Crippen molar-refractivity contribution in [1.82, 2.24) is 19.7 Å². The van der Waals surface area contributed by atoms with Gasteiger partial charge < -0.3 is 21.3 Å². The standard InChI is InChI=1S/C26H28ClF3N6O3/c1-15-7-11-36(35-15)20-12-17(27)2-3-18(20)23(26(28,29)30)39-21-13-19(33-24(32)34-21)16-4-8-25(14-31,9-5-16)10-6-22(37)38/h2-4,7,11-13,23H,5-6,8-10,14,31H2,1H3,(H,37,38)(H2,32,33,34). The number of nitrogen functional groups attached to an aromatic ring is 1. The van der Waals surface area contributed by atoms with Crippen molar-refractivity contribution in [2.45, 2.75) is 51.3 Å². The number of aliphatic carboxylic acids is 1. The number of allylic oxidation sites excluding steroid dienone is 2. The molecule has 1 aliphatic carbocycles. The fourth-order valence-electron chi connectivity index (χ4n) is 4.64. The van der Waals surface area contributed by atoms with Gasteiger partial charge in [-0.1, -0.05) is 23.7 Å². The number of aryl methyl sites for hydroxylation is 1. The third kappa shape index (κ3) is 6.69. The van der Waals surface area contributed by atoms with Gasteiger partial charge in [0.05, 0.1) is 17.1 Å². The number of hydrogen-bond donors (Lipinski definition) is 3. The van der Waals surface area contributed by atoms with Crippen LogP contribution in [0.5, 0.6) is 5.88 Å². The first-order valence-electron chi connectivity index (χ1n) is 12.2. The van der Waals surface area contributed by atoms with Crippen molar-refractivity contribution in [3.63, 3.8) is 0 Å². The number of carboxylic acid groups (broad SMARTS) is 1. The Balaban J connectivity index is 1.66. The summed E-state index contributed by atoms with van der Waals surface area (Å²) in [5, 5.41) is 13.5. The fraction of sp³-hybridized carbons (Fsp3) is 0.385. The van der Waals surface area contributed by atoms with Gasteiger partial charge in [-0.25, -0.2) is 9.67 Å². The number of halogens is 4. The molecule has 0 spiro atoms. The lowest BCUT2D eigenvalue weighted by molar-refractivity contribution is -0.198. The SMILES string of the molecule is Cc1ccn(-c2cc(Cl)ccc2C(Oc2cc(C3=CCC(CN)(CCC(=O)O)CC3)nc(N)n2)C(F)(F)F)n1. The third-order valence-electron chi connectivity index (χ3n) is 6.84. The third-order valence-corrected chi connectivity index (χ3v) is 7.07. The lowest BCUT2D eigenvalue weighted by Gasteiger charge is -2.35. The quantitative estimate of drug-likeness (QED) is 0.319. The molecule has 0 saturated heterocycles. The number of anilines is 1. The van der Waals surface area contributed by atoms with E-state index >= 15 is 0 Å². The van der Waals surface area contributed by atoms with Gasteiger partial charge in [0, 0.05) is 29.3 Å². The zero-order chi connectivity index (χ0) is 28.4. The van der Waals surface area contributed by atoms with Crippen molar-refractivity contribution in [1.29, 1.82) is 0 Å². The van der Waals surface area contributed by atoms with Crippen LogP contribution < -0.4 is 16.2 Å². The van der Waals surface area contributed by atoms with Gasteiger partial charge in [-0.15, -0.1) is 0 Å². The van der Waals surface area contributed by atoms with Gasteiger partial charge in [-0.3, -0.25) is 4.79 Å². The van der Waals surface area contributed by atoms with E-state index in [1.807, 2.05) is 6.08 Å². The molecular formula is C26H28ClF3N6O3. The van der Waals surface area contributed by atoms with Gasteiger partial charge in [-0.2, -0.15) is 23.3 Å². The van der Waals surface area contributed by atoms with E-state index in [9.17, 15) is 18.0 Å². The van der Waals surface area contributed by atoms with E-state index in [-0.39, 0.29) is 39.9 Å². The molecule has 0 aliphatic heterocycles. The highest BCUT2D eigenvalue weighted by Crippen LogP contribution is 2.43. The summed E-state index contributed by atoms with van der Waals surface area (Å²) in [6, 6.07) is 6.95. The number of carboxylic acids is 1. The van der Waals surface area contributed by atoms with Crippen LogP contribution in [0.4, 0.5) is 19.1 Å². The molecule has 5 N–H and O–H groups in total. The highest BCUT2D eigenvalue weighted by atomic mass is 35.5. The molecule has 1 aromatic carbocycles. The summed E-state index contributed by atoms with van der Waals surface area (Å²) in [7, 11) is 0. The van der Waals surface area contributed by atoms with Crippen molar-refractivity contribution >= 4 is 29.1 Å². The predicted octanol–water partition coefficient (Wildman–Crippen LogP) is 5.27. The van der Waals surface area contributed by atoms with E-state index in [2.05, 4.69) is 15.1 Å². The molecule has 0 fully saturated rings. The Hall–Kier alpha value is -3.64. The molecule has 0 amide bonds. The highest BCUT2D eigenvalue weighted by molar-refractivity contribution is 6.30. The van der Waals surface area contributed by atoms with Crippen LogP contribution in [0.15, 0.2) is 42.6 Å². The Bertz CT molecular complexity index is 1390. The van der Waals surface area contributed by atoms with Crippen molar-refractivity contribution in [2.75, 3.05) is 12.3 Å². The molecule has 208 valence electrons. The van der Waals surface area contributed by atoms with Crippen LogP contribution in [-0.4, -0.2) is 43.5 Å². The number of carbonyl (C=O) groups is 1. The number of rotatable bonds is 9. The normalized spacial score (nSPS) is 18.5. The number of alkyl halides is 3. The minimum absolute atomic E-state index is 0.00241. The molecule has 2 aromatic heterocycles. The molecule has 39 heavy (non-hydrogen) atoms. The number of ether oxygens (including phenoxy) is 1. The van der Waals surface area contributed by atoms with Gasteiger partial charge in [0.2, 0.25) is 17.9 Å². The Morgan fingerprint density at radius 1 is 1.28 bits per heavy atom. The lowest BCUT2D eigenvalue weighted by atomic mass is 9.71. The molecule has 0 saturated carbocycles. The van der Waals surface area contributed by atoms with Crippen molar-refractivity contribution in [3.8, 4) is 11.6 Å². The summed E-state index contributed by atoms with van der Waals surface area (Å²) in [5.74, 6) is -1.49. The molecule has 0 radical (unpaired) electrons. The summed E-state index contributed by atoms with van der Waals surface area (Å²) in [6.45, 7) is 2.03. The van der Waals surface area contributed by atoms with E-state index in [1.54, 1.807) is 13.0 Å². The first kappa shape index (κ1) is 28.4. The number of hydrogen-bond acceptors (Lipinski definition) is 7. The Morgan fingerprint density at radius 3 is 2.64 bits per heavy atom. The van der Waals surface area contributed by atoms with Gasteiger partial charge in [0.25, 0.3) is 0 Å². The first-order chi connectivity index (χ1) is 18.4. The number of nitrogens with two attached hydrogens (primary N) is 2. The second-order valence-electron chi connectivity index (χ2n) is 9.63. The van der Waals surface area contributed by atoms with Crippen LogP contribution >= 0.6 is 11.6 Å². The molecular weight excluding hydrogens is 537 g/mol. The smallest absolute Gasteiger partial charge is 0.429 e. The Morgan fingerprint density at radius 2 is 2.05 bits per heavy atom. The van der Waals surface area contributed by atoms with Crippen LogP contribution in [0.2, 0.25) is 5.02 Å². The molecule has 9 nitrogen and oxygen atoms in total. The average Bonchev–Trinajstić information content (AvgIpc) is 3.31. The fourth-order valence-corrected chi connectivity index (χ4v) is 4.81. The second kappa shape index (κ2) is 11.2. The van der Waals surface area contributed by atoms with Gasteiger partial charge >= 0.3 is 12.1 Å². The molecule has 2 heterocycles. The molecule has 3 aromatic rings. The minimum atomic E-state index is -4.82. The van der Waals surface area contributed by atoms with Gasteiger partial charge in [-0.05, 0) is 68.3 Å². The van der Waals surface area contributed by atoms with E-state index in [0.717, 1.165) is 5.57 Å². The molecule has 0 bridgehead atoms. The summed E-state index contributed by atoms with van der Waals surface area (Å²) in [5.41, 5.74) is 13.1. The summed E-state index contributed by atoms with van der Waals surface area (Å²) >= 11 is 6.10. The first-order valence-corrected chi connectivity index (χ1v) is 12.6. The Kier molecular flexibility index (Phi) is 8.17. The lowest BCUT2D eigenvalue weighted by Crippen LogP contribution is -2.32. The molecule has 2 atom stereocenters. The van der Waals surface area contributed by atoms with E-state index in [0.29, 0.717) is 43.6 Å². The van der Waals surface area contributed by atoms with Crippen molar-refractivity contribution in [2.24, 2.45) is 11.1 Å². The van der Waals surface area contributed by atoms with Gasteiger partial charge in [0.15, 0.2) is 0 Å². The maximum Gasteiger partial charge on any atom is 0.429 e. The maximum atomic E-state index is 14.4. The summed E-state index contributed by atoms with van der Waals surface area (Å²) in [6.07, 6.45) is -1.78. The van der Waals surface area contributed by atoms with Crippen molar-refractivity contribution in [3.05, 3.63) is 64.6 Å². The van der Waals surface area contributed by atoms with Gasteiger partial charge in [0.1, 0.15) is 0 Å². The highest BCUT2D eigenvalue weighted by Gasteiger charge is 2.45. The van der Waals surface area contributed by atoms with Crippen LogP contribution in [0.1, 0.15) is 55.2 Å². The van der Waals surface area contributed by atoms with Crippen LogP contribution in [0, 0.1) is 12.3 Å². The number of nitrogens with zero attached hydrogens (tertiary/aromatic N) is 4. The molecule has 4 rings (SSSR count). The molecule has 13 heteroatoms. The molecule has 2 unspecified atom stereocenters. The van der Waals surface area contributed by atoms with E-state index in [1.165, 1.54) is 35.1 Å². The largest absolute Gasteiger partial charge is 0.481 e. The monoisotopic (exact) mass is 564 g/mol. The minimum Gasteiger partial charge on any atom is -0.481 e. The maximum absolute atomic E-state index is 14.4. The van der Waals surface area contributed by atoms with Crippen LogP contribution in [-0.2, 0) is 4.79 Å².